The summed E-state index contributed by atoms with van der Waals surface area (Å²) in [6, 6.07) is 18.1. The summed E-state index contributed by atoms with van der Waals surface area (Å²) < 4.78 is 5.24. The van der Waals surface area contributed by atoms with Crippen molar-refractivity contribution in [2.75, 3.05) is 49.2 Å². The van der Waals surface area contributed by atoms with E-state index >= 15 is 0 Å². The smallest absolute Gasteiger partial charge is 0.324 e. The number of likely N-dealkylation sites (N-methyl/N-ethyl adjacent to an activating group) is 1. The molecule has 1 saturated heterocycles. The zero-order valence-electron chi connectivity index (χ0n) is 23.4. The predicted octanol–water partition coefficient (Wildman–Crippen LogP) is 5.05. The molecular formula is C30H36N8O3. The Bertz CT molecular complexity index is 1440. The van der Waals surface area contributed by atoms with Crippen LogP contribution >= 0.6 is 0 Å². The van der Waals surface area contributed by atoms with Gasteiger partial charge >= 0.3 is 6.03 Å². The average Bonchev–Trinajstić information content (AvgIpc) is 3.63. The maximum absolute atomic E-state index is 12.8. The van der Waals surface area contributed by atoms with Gasteiger partial charge in [-0.2, -0.15) is 5.10 Å². The van der Waals surface area contributed by atoms with Crippen LogP contribution in [-0.2, 0) is 13.0 Å². The van der Waals surface area contributed by atoms with Crippen LogP contribution in [0.15, 0.2) is 65.2 Å². The van der Waals surface area contributed by atoms with E-state index < -0.39 is 6.03 Å². The lowest BCUT2D eigenvalue weighted by atomic mass is 10.1. The van der Waals surface area contributed by atoms with Gasteiger partial charge < -0.3 is 20.1 Å². The van der Waals surface area contributed by atoms with Crippen LogP contribution in [0.5, 0.6) is 0 Å². The SMILES string of the molecule is CCCCc1cc(NC(=O)Nc2ccc(-c3cc(NC(=O)c4ccc(CN5CCN(C)CC5)cc4)n[nH]3)cc2)no1. The van der Waals surface area contributed by atoms with Gasteiger partial charge in [-0.1, -0.05) is 42.8 Å². The molecular weight excluding hydrogens is 520 g/mol. The minimum atomic E-state index is -0.410. The number of rotatable bonds is 10. The molecule has 11 nitrogen and oxygen atoms in total. The fraction of sp³-hybridized carbons (Fsp3) is 0.333. The molecule has 4 aromatic rings. The summed E-state index contributed by atoms with van der Waals surface area (Å²) in [5.41, 5.74) is 3.98. The van der Waals surface area contributed by atoms with Crippen LogP contribution in [0.1, 0.15) is 41.4 Å². The van der Waals surface area contributed by atoms with Crippen molar-refractivity contribution in [2.45, 2.75) is 32.7 Å². The van der Waals surface area contributed by atoms with Crippen molar-refractivity contribution < 1.29 is 14.1 Å². The number of piperazine rings is 1. The second-order valence-corrected chi connectivity index (χ2v) is 10.3. The van der Waals surface area contributed by atoms with Crippen LogP contribution in [0.3, 0.4) is 0 Å². The monoisotopic (exact) mass is 556 g/mol. The first-order valence-corrected chi connectivity index (χ1v) is 14.0. The van der Waals surface area contributed by atoms with Gasteiger partial charge in [0, 0.05) is 62.5 Å². The van der Waals surface area contributed by atoms with Gasteiger partial charge in [-0.25, -0.2) is 4.79 Å². The van der Waals surface area contributed by atoms with Crippen molar-refractivity contribution >= 4 is 29.3 Å². The van der Waals surface area contributed by atoms with E-state index in [1.165, 1.54) is 5.56 Å². The average molecular weight is 557 g/mol. The number of aromatic amines is 1. The zero-order chi connectivity index (χ0) is 28.6. The van der Waals surface area contributed by atoms with E-state index in [1.807, 2.05) is 36.4 Å². The van der Waals surface area contributed by atoms with Crippen LogP contribution in [0.2, 0.25) is 0 Å². The van der Waals surface area contributed by atoms with Crippen molar-refractivity contribution in [2.24, 2.45) is 0 Å². The van der Waals surface area contributed by atoms with Gasteiger partial charge in [-0.15, -0.1) is 0 Å². The molecule has 0 aliphatic carbocycles. The van der Waals surface area contributed by atoms with Crippen molar-refractivity contribution in [1.82, 2.24) is 25.2 Å². The summed E-state index contributed by atoms with van der Waals surface area (Å²) in [4.78, 5) is 29.9. The minimum Gasteiger partial charge on any atom is -0.359 e. The molecule has 2 aromatic carbocycles. The highest BCUT2D eigenvalue weighted by molar-refractivity contribution is 6.04. The lowest BCUT2D eigenvalue weighted by Gasteiger charge is -2.32. The molecule has 0 saturated carbocycles. The van der Waals surface area contributed by atoms with Gasteiger partial charge in [0.25, 0.3) is 5.91 Å². The maximum atomic E-state index is 12.8. The Labute approximate surface area is 239 Å². The van der Waals surface area contributed by atoms with Gasteiger partial charge in [0.15, 0.2) is 11.6 Å². The van der Waals surface area contributed by atoms with E-state index in [4.69, 9.17) is 4.52 Å². The molecule has 2 aromatic heterocycles. The van der Waals surface area contributed by atoms with Gasteiger partial charge in [-0.3, -0.25) is 20.1 Å². The number of H-pyrrole nitrogens is 1. The Morgan fingerprint density at radius 3 is 2.41 bits per heavy atom. The molecule has 5 rings (SSSR count). The first-order valence-electron chi connectivity index (χ1n) is 14.0. The molecule has 4 N–H and O–H groups in total. The third kappa shape index (κ3) is 7.80. The molecule has 0 unspecified atom stereocenters. The van der Waals surface area contributed by atoms with Crippen LogP contribution in [0, 0.1) is 0 Å². The van der Waals surface area contributed by atoms with E-state index in [0.717, 1.165) is 69.0 Å². The van der Waals surface area contributed by atoms with E-state index in [2.05, 4.69) is 55.1 Å². The van der Waals surface area contributed by atoms with Gasteiger partial charge in [0.1, 0.15) is 5.76 Å². The number of carbonyl (C=O) groups is 2. The van der Waals surface area contributed by atoms with Crippen molar-refractivity contribution in [3.05, 3.63) is 77.6 Å². The molecule has 0 atom stereocenters. The van der Waals surface area contributed by atoms with E-state index in [0.29, 0.717) is 22.9 Å². The largest absolute Gasteiger partial charge is 0.359 e. The highest BCUT2D eigenvalue weighted by atomic mass is 16.5. The number of benzene rings is 2. The summed E-state index contributed by atoms with van der Waals surface area (Å²) in [6.07, 6.45) is 2.85. The normalized spacial score (nSPS) is 14.1. The standard InChI is InChI=1S/C30H36N8O3/c1-3-4-5-25-18-28(36-41-25)33-30(40)31-24-12-10-22(11-13-24)26-19-27(35-34-26)32-29(39)23-8-6-21(7-9-23)20-38-16-14-37(2)15-17-38/h6-13,18-19H,3-5,14-17,20H2,1-2H3,(H2,31,33,36,40)(H2,32,34,35,39). The molecule has 1 aliphatic rings. The molecule has 0 spiro atoms. The Morgan fingerprint density at radius 2 is 1.68 bits per heavy atom. The molecule has 1 fully saturated rings. The summed E-state index contributed by atoms with van der Waals surface area (Å²) in [6.45, 7) is 7.26. The molecule has 0 bridgehead atoms. The van der Waals surface area contributed by atoms with Crippen molar-refractivity contribution in [3.63, 3.8) is 0 Å². The van der Waals surface area contributed by atoms with Crippen LogP contribution in [0.25, 0.3) is 11.3 Å². The number of aromatic nitrogens is 3. The first-order chi connectivity index (χ1) is 19.9. The second-order valence-electron chi connectivity index (χ2n) is 10.3. The summed E-state index contributed by atoms with van der Waals surface area (Å²) in [5.74, 6) is 1.33. The first kappa shape index (κ1) is 28.1. The third-order valence-electron chi connectivity index (χ3n) is 7.07. The quantitative estimate of drug-likeness (QED) is 0.215. The fourth-order valence-electron chi connectivity index (χ4n) is 4.60. The number of nitrogens with one attached hydrogen (secondary N) is 4. The lowest BCUT2D eigenvalue weighted by Crippen LogP contribution is -2.43. The van der Waals surface area contributed by atoms with Crippen LogP contribution < -0.4 is 16.0 Å². The number of nitrogens with zero attached hydrogens (tertiary/aromatic N) is 4. The van der Waals surface area contributed by atoms with Gasteiger partial charge in [-0.05, 0) is 48.9 Å². The summed E-state index contributed by atoms with van der Waals surface area (Å²) in [7, 11) is 2.15. The Balaban J connectivity index is 1.11. The van der Waals surface area contributed by atoms with Gasteiger partial charge in [0.05, 0.1) is 5.69 Å². The molecule has 214 valence electrons. The number of carbonyl (C=O) groups excluding carboxylic acids is 2. The number of urea groups is 1. The zero-order valence-corrected chi connectivity index (χ0v) is 23.4. The summed E-state index contributed by atoms with van der Waals surface area (Å²) >= 11 is 0. The number of amides is 3. The topological polar surface area (TPSA) is 131 Å². The summed E-state index contributed by atoms with van der Waals surface area (Å²) in [5, 5.41) is 19.4. The lowest BCUT2D eigenvalue weighted by molar-refractivity contribution is 0.102. The molecule has 1 aliphatic heterocycles. The molecule has 0 radical (unpaired) electrons. The predicted molar refractivity (Wildman–Crippen MR) is 159 cm³/mol. The molecule has 11 heteroatoms. The van der Waals surface area contributed by atoms with E-state index in [1.54, 1.807) is 24.3 Å². The number of hydrogen-bond donors (Lipinski definition) is 4. The van der Waals surface area contributed by atoms with Crippen LogP contribution in [0.4, 0.5) is 22.1 Å². The van der Waals surface area contributed by atoms with E-state index in [-0.39, 0.29) is 5.91 Å². The molecule has 3 amide bonds. The Hall–Kier alpha value is -4.48. The number of unbranched alkanes of at least 4 members (excludes halogenated alkanes) is 1. The van der Waals surface area contributed by atoms with E-state index in [9.17, 15) is 9.59 Å². The maximum Gasteiger partial charge on any atom is 0.324 e. The van der Waals surface area contributed by atoms with Crippen LogP contribution in [-0.4, -0.2) is 70.3 Å². The molecule has 3 heterocycles. The highest BCUT2D eigenvalue weighted by Gasteiger charge is 2.15. The molecule has 41 heavy (non-hydrogen) atoms. The van der Waals surface area contributed by atoms with Gasteiger partial charge in [0.2, 0.25) is 0 Å². The number of anilines is 3. The Morgan fingerprint density at radius 1 is 0.927 bits per heavy atom. The number of aryl methyl sites for hydroxylation is 1. The second kappa shape index (κ2) is 13.2. The van der Waals surface area contributed by atoms with Crippen molar-refractivity contribution in [3.8, 4) is 11.3 Å². The fourth-order valence-corrected chi connectivity index (χ4v) is 4.60. The third-order valence-corrected chi connectivity index (χ3v) is 7.07. The highest BCUT2D eigenvalue weighted by Crippen LogP contribution is 2.22. The van der Waals surface area contributed by atoms with Crippen molar-refractivity contribution in [1.29, 1.82) is 0 Å². The Kier molecular flexibility index (Phi) is 9.07. The minimum absolute atomic E-state index is 0.218. The number of hydrogen-bond acceptors (Lipinski definition) is 7.